The van der Waals surface area contributed by atoms with E-state index in [2.05, 4.69) is 0 Å². The van der Waals surface area contributed by atoms with Crippen LogP contribution in [0.3, 0.4) is 0 Å². The van der Waals surface area contributed by atoms with Gasteiger partial charge < -0.3 is 0 Å². The Hall–Kier alpha value is -1.05. The number of rotatable bonds is 5. The molecule has 0 aromatic heterocycles. The third-order valence-corrected chi connectivity index (χ3v) is 4.38. The second-order valence-electron chi connectivity index (χ2n) is 3.86. The van der Waals surface area contributed by atoms with Gasteiger partial charge in [0.1, 0.15) is 0 Å². The molecule has 1 aromatic carbocycles. The number of unbranched alkanes of at least 4 members (excludes halogenated alkanes) is 1. The lowest BCUT2D eigenvalue weighted by molar-refractivity contribution is 0.592. The van der Waals surface area contributed by atoms with E-state index in [0.717, 1.165) is 6.42 Å². The molecule has 3 nitrogen and oxygen atoms in total. The highest BCUT2D eigenvalue weighted by atomic mass is 35.5. The van der Waals surface area contributed by atoms with E-state index in [1.807, 2.05) is 13.0 Å². The van der Waals surface area contributed by atoms with Gasteiger partial charge in [-0.15, -0.1) is 0 Å². The number of benzene rings is 1. The van der Waals surface area contributed by atoms with Crippen LogP contribution in [0.5, 0.6) is 0 Å². The van der Waals surface area contributed by atoms with Crippen molar-refractivity contribution in [3.8, 4) is 6.07 Å². The van der Waals surface area contributed by atoms with E-state index in [1.54, 1.807) is 12.1 Å². The summed E-state index contributed by atoms with van der Waals surface area (Å²) in [7, 11) is -3.11. The molecule has 0 N–H and O–H groups in total. The molecule has 0 unspecified atom stereocenters. The minimum Gasteiger partial charge on any atom is -0.228 e. The zero-order valence-electron chi connectivity index (χ0n) is 9.61. The fraction of sp³-hybridized carbons (Fsp3) is 0.417. The van der Waals surface area contributed by atoms with Gasteiger partial charge in [0, 0.05) is 5.02 Å². The largest absolute Gasteiger partial charge is 0.228 e. The van der Waals surface area contributed by atoms with Crippen molar-refractivity contribution in [1.82, 2.24) is 0 Å². The molecular formula is C12H14ClNO2S. The minimum absolute atomic E-state index is 0.0580. The molecule has 0 bridgehead atoms. The van der Waals surface area contributed by atoms with Crippen LogP contribution in [-0.2, 0) is 15.6 Å². The molecule has 1 rings (SSSR count). The molecule has 1 aromatic rings. The average Bonchev–Trinajstić information content (AvgIpc) is 2.29. The second kappa shape index (κ2) is 6.04. The number of nitriles is 1. The third kappa shape index (κ3) is 4.37. The van der Waals surface area contributed by atoms with Crippen molar-refractivity contribution < 1.29 is 8.42 Å². The van der Waals surface area contributed by atoms with Gasteiger partial charge in [-0.05, 0) is 24.1 Å². The van der Waals surface area contributed by atoms with Crippen LogP contribution in [-0.4, -0.2) is 14.2 Å². The third-order valence-electron chi connectivity index (χ3n) is 2.37. The predicted octanol–water partition coefficient (Wildman–Crippen LogP) is 2.93. The molecule has 0 radical (unpaired) electrons. The summed E-state index contributed by atoms with van der Waals surface area (Å²) >= 11 is 5.93. The van der Waals surface area contributed by atoms with Gasteiger partial charge in [-0.3, -0.25) is 0 Å². The van der Waals surface area contributed by atoms with Crippen molar-refractivity contribution in [2.75, 3.05) is 5.75 Å². The standard InChI is InChI=1S/C12H14ClNO2S/c1-2-3-6-17(15,16)9-11-5-4-10(8-14)7-12(11)13/h4-5,7H,2-3,6,9H2,1H3. The minimum atomic E-state index is -3.11. The SMILES string of the molecule is CCCCS(=O)(=O)Cc1ccc(C#N)cc1Cl. The first-order chi connectivity index (χ1) is 7.98. The fourth-order valence-electron chi connectivity index (χ4n) is 1.41. The number of sulfone groups is 1. The zero-order chi connectivity index (χ0) is 12.9. The van der Waals surface area contributed by atoms with E-state index in [1.165, 1.54) is 6.07 Å². The molecule has 0 heterocycles. The predicted molar refractivity (Wildman–Crippen MR) is 68.6 cm³/mol. The summed E-state index contributed by atoms with van der Waals surface area (Å²) in [5, 5.41) is 9.01. The van der Waals surface area contributed by atoms with Crippen molar-refractivity contribution in [3.05, 3.63) is 34.3 Å². The monoisotopic (exact) mass is 271 g/mol. The topological polar surface area (TPSA) is 57.9 Å². The molecule has 0 amide bonds. The normalized spacial score (nSPS) is 11.1. The summed E-state index contributed by atoms with van der Waals surface area (Å²) in [5.74, 6) is 0.122. The Morgan fingerprint density at radius 1 is 1.41 bits per heavy atom. The lowest BCUT2D eigenvalue weighted by Crippen LogP contribution is -2.09. The number of nitrogens with zero attached hydrogens (tertiary/aromatic N) is 1. The Labute approximate surface area is 107 Å². The average molecular weight is 272 g/mol. The van der Waals surface area contributed by atoms with Crippen LogP contribution in [0.25, 0.3) is 0 Å². The Morgan fingerprint density at radius 3 is 2.65 bits per heavy atom. The Bertz CT molecular complexity index is 532. The molecule has 0 atom stereocenters. The van der Waals surface area contributed by atoms with Gasteiger partial charge in [0.25, 0.3) is 0 Å². The maximum absolute atomic E-state index is 11.7. The van der Waals surface area contributed by atoms with Crippen LogP contribution >= 0.6 is 11.6 Å². The Balaban J connectivity index is 2.86. The van der Waals surface area contributed by atoms with Gasteiger partial charge in [-0.25, -0.2) is 8.42 Å². The van der Waals surface area contributed by atoms with Crippen LogP contribution in [0.4, 0.5) is 0 Å². The summed E-state index contributed by atoms with van der Waals surface area (Å²) < 4.78 is 23.5. The first-order valence-corrected chi connectivity index (χ1v) is 7.57. The van der Waals surface area contributed by atoms with Crippen LogP contribution in [0, 0.1) is 11.3 Å². The van der Waals surface area contributed by atoms with Gasteiger partial charge in [0.15, 0.2) is 9.84 Å². The fourth-order valence-corrected chi connectivity index (χ4v) is 3.33. The first-order valence-electron chi connectivity index (χ1n) is 5.37. The second-order valence-corrected chi connectivity index (χ2v) is 6.45. The lowest BCUT2D eigenvalue weighted by atomic mass is 10.2. The lowest BCUT2D eigenvalue weighted by Gasteiger charge is -2.06. The molecular weight excluding hydrogens is 258 g/mol. The van der Waals surface area contributed by atoms with Crippen molar-refractivity contribution in [2.45, 2.75) is 25.5 Å². The summed E-state index contributed by atoms with van der Waals surface area (Å²) in [6.45, 7) is 1.95. The van der Waals surface area contributed by atoms with E-state index in [4.69, 9.17) is 16.9 Å². The smallest absolute Gasteiger partial charge is 0.154 e. The molecule has 92 valence electrons. The van der Waals surface area contributed by atoms with Crippen molar-refractivity contribution in [1.29, 1.82) is 5.26 Å². The highest BCUT2D eigenvalue weighted by molar-refractivity contribution is 7.90. The highest BCUT2D eigenvalue weighted by Gasteiger charge is 2.13. The van der Waals surface area contributed by atoms with E-state index >= 15 is 0 Å². The highest BCUT2D eigenvalue weighted by Crippen LogP contribution is 2.20. The molecule has 0 aliphatic rings. The molecule has 0 spiro atoms. The quantitative estimate of drug-likeness (QED) is 0.827. The van der Waals surface area contributed by atoms with Crippen LogP contribution in [0.2, 0.25) is 5.02 Å². The summed E-state index contributed by atoms with van der Waals surface area (Å²) in [6.07, 6.45) is 1.51. The molecule has 0 saturated carbocycles. The zero-order valence-corrected chi connectivity index (χ0v) is 11.2. The molecule has 0 aliphatic carbocycles. The van der Waals surface area contributed by atoms with Gasteiger partial charge in [-0.2, -0.15) is 5.26 Å². The molecule has 0 aliphatic heterocycles. The van der Waals surface area contributed by atoms with E-state index < -0.39 is 9.84 Å². The van der Waals surface area contributed by atoms with Crippen LogP contribution in [0.1, 0.15) is 30.9 Å². The van der Waals surface area contributed by atoms with Crippen molar-refractivity contribution >= 4 is 21.4 Å². The molecule has 0 saturated heterocycles. The maximum atomic E-state index is 11.7. The van der Waals surface area contributed by atoms with Crippen LogP contribution < -0.4 is 0 Å². The van der Waals surface area contributed by atoms with E-state index in [0.29, 0.717) is 22.6 Å². The summed E-state index contributed by atoms with van der Waals surface area (Å²) in [4.78, 5) is 0. The Morgan fingerprint density at radius 2 is 2.12 bits per heavy atom. The van der Waals surface area contributed by atoms with Gasteiger partial charge in [0.2, 0.25) is 0 Å². The van der Waals surface area contributed by atoms with E-state index in [9.17, 15) is 8.42 Å². The van der Waals surface area contributed by atoms with Crippen LogP contribution in [0.15, 0.2) is 18.2 Å². The number of hydrogen-bond donors (Lipinski definition) is 0. The number of halogens is 1. The first kappa shape index (κ1) is 14.0. The number of hydrogen-bond acceptors (Lipinski definition) is 3. The molecule has 5 heteroatoms. The van der Waals surface area contributed by atoms with Crippen molar-refractivity contribution in [3.63, 3.8) is 0 Å². The molecule has 0 fully saturated rings. The van der Waals surface area contributed by atoms with Gasteiger partial charge in [-0.1, -0.05) is 31.0 Å². The van der Waals surface area contributed by atoms with Crippen molar-refractivity contribution in [2.24, 2.45) is 0 Å². The van der Waals surface area contributed by atoms with E-state index in [-0.39, 0.29) is 11.5 Å². The maximum Gasteiger partial charge on any atom is 0.154 e. The van der Waals surface area contributed by atoms with Gasteiger partial charge in [0.05, 0.1) is 23.1 Å². The van der Waals surface area contributed by atoms with Gasteiger partial charge >= 0.3 is 0 Å². The summed E-state index contributed by atoms with van der Waals surface area (Å²) in [6, 6.07) is 6.63. The summed E-state index contributed by atoms with van der Waals surface area (Å²) in [5.41, 5.74) is 0.992. The molecule has 17 heavy (non-hydrogen) atoms. The Kier molecular flexibility index (Phi) is 4.98.